The van der Waals surface area contributed by atoms with Crippen molar-refractivity contribution < 1.29 is 24.2 Å². The van der Waals surface area contributed by atoms with E-state index >= 15 is 0 Å². The van der Waals surface area contributed by atoms with Crippen molar-refractivity contribution in [2.45, 2.75) is 70.4 Å². The highest BCUT2D eigenvalue weighted by Gasteiger charge is 2.23. The van der Waals surface area contributed by atoms with Gasteiger partial charge >= 0.3 is 6.09 Å². The van der Waals surface area contributed by atoms with Crippen LogP contribution in [0.15, 0.2) is 78.9 Å². The van der Waals surface area contributed by atoms with Crippen molar-refractivity contribution in [3.8, 4) is 16.9 Å². The molecule has 10 heteroatoms. The molecule has 2 saturated heterocycles. The molecule has 3 aromatic carbocycles. The zero-order valence-electron chi connectivity index (χ0n) is 29.2. The van der Waals surface area contributed by atoms with Gasteiger partial charge in [0.1, 0.15) is 11.9 Å². The molecule has 10 nitrogen and oxygen atoms in total. The monoisotopic (exact) mass is 683 g/mol. The van der Waals surface area contributed by atoms with Gasteiger partial charge in [0.15, 0.2) is 0 Å². The number of piperidine rings is 1. The number of phenols is 1. The van der Waals surface area contributed by atoms with E-state index in [2.05, 4.69) is 20.4 Å². The average molecular weight is 684 g/mol. The number of nitrogens with zero attached hydrogens (tertiary/aromatic N) is 3. The molecule has 268 valence electrons. The van der Waals surface area contributed by atoms with Crippen LogP contribution in [0.4, 0.5) is 10.5 Å². The third-order valence-corrected chi connectivity index (χ3v) is 9.64. The lowest BCUT2D eigenvalue weighted by molar-refractivity contribution is -0.132. The Morgan fingerprint density at radius 1 is 0.780 bits per heavy atom. The molecule has 3 aromatic rings. The van der Waals surface area contributed by atoms with E-state index in [0.29, 0.717) is 39.0 Å². The Kier molecular flexibility index (Phi) is 14.5. The molecule has 0 atom stereocenters. The summed E-state index contributed by atoms with van der Waals surface area (Å²) in [5.74, 6) is 0.438. The number of carbonyl (C=O) groups excluding carboxylic acids is 3. The van der Waals surface area contributed by atoms with E-state index in [1.165, 1.54) is 12.8 Å². The van der Waals surface area contributed by atoms with Crippen LogP contribution in [0.3, 0.4) is 0 Å². The SMILES string of the molecule is O=C(CCN1CCC(OC(=O)Nc2ccccc2-c2ccccc2)CC1)NCCCCCN(Cc1ccc(O)cc1)C(=O)CCN1CCCC1. The van der Waals surface area contributed by atoms with Crippen LogP contribution in [0, 0.1) is 0 Å². The predicted octanol–water partition coefficient (Wildman–Crippen LogP) is 6.26. The number of para-hydroxylation sites is 1. The van der Waals surface area contributed by atoms with Crippen molar-refractivity contribution >= 4 is 23.6 Å². The maximum Gasteiger partial charge on any atom is 0.411 e. The number of anilines is 1. The fourth-order valence-corrected chi connectivity index (χ4v) is 6.72. The van der Waals surface area contributed by atoms with E-state index in [1.54, 1.807) is 12.1 Å². The van der Waals surface area contributed by atoms with E-state index in [4.69, 9.17) is 4.74 Å². The van der Waals surface area contributed by atoms with Gasteiger partial charge in [0.05, 0.1) is 5.69 Å². The molecule has 0 saturated carbocycles. The highest BCUT2D eigenvalue weighted by Crippen LogP contribution is 2.28. The number of hydrogen-bond acceptors (Lipinski definition) is 7. The molecular weight excluding hydrogens is 630 g/mol. The summed E-state index contributed by atoms with van der Waals surface area (Å²) in [5, 5.41) is 15.6. The zero-order chi connectivity index (χ0) is 35.0. The summed E-state index contributed by atoms with van der Waals surface area (Å²) in [6.07, 6.45) is 6.92. The number of phenolic OH excluding ortho intramolecular Hbond substituents is 1. The Morgan fingerprint density at radius 2 is 1.46 bits per heavy atom. The predicted molar refractivity (Wildman–Crippen MR) is 197 cm³/mol. The van der Waals surface area contributed by atoms with E-state index in [-0.39, 0.29) is 23.7 Å². The highest BCUT2D eigenvalue weighted by molar-refractivity contribution is 5.91. The van der Waals surface area contributed by atoms with Crippen LogP contribution in [0.1, 0.15) is 63.4 Å². The molecule has 0 bridgehead atoms. The number of benzene rings is 3. The maximum absolute atomic E-state index is 13.1. The van der Waals surface area contributed by atoms with Gasteiger partial charge < -0.3 is 29.9 Å². The van der Waals surface area contributed by atoms with Gasteiger partial charge in [-0.1, -0.05) is 60.7 Å². The molecule has 0 radical (unpaired) electrons. The zero-order valence-corrected chi connectivity index (χ0v) is 29.2. The van der Waals surface area contributed by atoms with Crippen LogP contribution < -0.4 is 10.6 Å². The van der Waals surface area contributed by atoms with Crippen molar-refractivity contribution in [3.05, 3.63) is 84.4 Å². The molecule has 3 amide bonds. The number of unbranched alkanes of at least 4 members (excludes halogenated alkanes) is 2. The van der Waals surface area contributed by atoms with Crippen LogP contribution in [0.2, 0.25) is 0 Å². The fourth-order valence-electron chi connectivity index (χ4n) is 6.72. The Morgan fingerprint density at radius 3 is 2.22 bits per heavy atom. The summed E-state index contributed by atoms with van der Waals surface area (Å²) < 4.78 is 5.75. The maximum atomic E-state index is 13.1. The van der Waals surface area contributed by atoms with Crippen LogP contribution in [-0.2, 0) is 20.9 Å². The van der Waals surface area contributed by atoms with Gasteiger partial charge in [-0.3, -0.25) is 14.9 Å². The first-order valence-electron chi connectivity index (χ1n) is 18.3. The average Bonchev–Trinajstić information content (AvgIpc) is 3.66. The van der Waals surface area contributed by atoms with Crippen molar-refractivity contribution in [2.24, 2.45) is 0 Å². The summed E-state index contributed by atoms with van der Waals surface area (Å²) in [6, 6.07) is 24.7. The molecule has 2 heterocycles. The van der Waals surface area contributed by atoms with Gasteiger partial charge in [0.25, 0.3) is 0 Å². The molecule has 0 aliphatic carbocycles. The summed E-state index contributed by atoms with van der Waals surface area (Å²) in [6.45, 7) is 7.05. The smallest absolute Gasteiger partial charge is 0.411 e. The first-order valence-corrected chi connectivity index (χ1v) is 18.3. The second-order valence-electron chi connectivity index (χ2n) is 13.4. The number of amides is 3. The highest BCUT2D eigenvalue weighted by atomic mass is 16.6. The molecule has 2 aliphatic heterocycles. The van der Waals surface area contributed by atoms with Crippen LogP contribution in [-0.4, -0.2) is 96.2 Å². The van der Waals surface area contributed by atoms with Gasteiger partial charge in [0, 0.05) is 64.2 Å². The van der Waals surface area contributed by atoms with E-state index in [0.717, 1.165) is 87.2 Å². The molecule has 3 N–H and O–H groups in total. The molecule has 2 fully saturated rings. The number of nitrogens with one attached hydrogen (secondary N) is 2. The summed E-state index contributed by atoms with van der Waals surface area (Å²) in [5.41, 5.74) is 3.70. The van der Waals surface area contributed by atoms with Gasteiger partial charge in [-0.05, 0) is 87.4 Å². The molecular formula is C40H53N5O5. The van der Waals surface area contributed by atoms with Crippen molar-refractivity contribution in [1.29, 1.82) is 0 Å². The quantitative estimate of drug-likeness (QED) is 0.144. The molecule has 50 heavy (non-hydrogen) atoms. The summed E-state index contributed by atoms with van der Waals surface area (Å²) >= 11 is 0. The number of hydrogen-bond donors (Lipinski definition) is 3. The number of ether oxygens (including phenoxy) is 1. The van der Waals surface area contributed by atoms with Gasteiger partial charge in [-0.15, -0.1) is 0 Å². The molecule has 2 aliphatic rings. The lowest BCUT2D eigenvalue weighted by Gasteiger charge is -2.31. The van der Waals surface area contributed by atoms with Gasteiger partial charge in [0.2, 0.25) is 11.8 Å². The third kappa shape index (κ3) is 12.2. The lowest BCUT2D eigenvalue weighted by atomic mass is 10.0. The minimum atomic E-state index is -0.444. The van der Waals surface area contributed by atoms with Gasteiger partial charge in [-0.25, -0.2) is 4.79 Å². The minimum absolute atomic E-state index is 0.0471. The minimum Gasteiger partial charge on any atom is -0.508 e. The van der Waals surface area contributed by atoms with Crippen LogP contribution in [0.25, 0.3) is 11.1 Å². The summed E-state index contributed by atoms with van der Waals surface area (Å²) in [7, 11) is 0. The first-order chi connectivity index (χ1) is 24.4. The molecule has 0 spiro atoms. The van der Waals surface area contributed by atoms with Crippen LogP contribution in [0.5, 0.6) is 5.75 Å². The van der Waals surface area contributed by atoms with Crippen LogP contribution >= 0.6 is 0 Å². The number of likely N-dealkylation sites (tertiary alicyclic amines) is 2. The molecule has 5 rings (SSSR count). The van der Waals surface area contributed by atoms with Crippen molar-refractivity contribution in [1.82, 2.24) is 20.0 Å². The Balaban J connectivity index is 0.935. The molecule has 0 unspecified atom stereocenters. The summed E-state index contributed by atoms with van der Waals surface area (Å²) in [4.78, 5) is 45.0. The third-order valence-electron chi connectivity index (χ3n) is 9.64. The lowest BCUT2D eigenvalue weighted by Crippen LogP contribution is -2.40. The second-order valence-corrected chi connectivity index (χ2v) is 13.4. The Hall–Kier alpha value is -4.41. The standard InChI is InChI=1S/C40H53N5O5/c46-34-17-15-32(16-18-34)31-45(39(48)22-30-43-24-9-10-25-43)26-8-2-7-23-41-38(47)21-29-44-27-19-35(20-28-44)50-40(49)42-37-14-6-5-13-36(37)33-11-3-1-4-12-33/h1,3-6,11-18,35,46H,2,7-10,19-31H2,(H,41,47)(H,42,49). The first kappa shape index (κ1) is 36.9. The van der Waals surface area contributed by atoms with Crippen molar-refractivity contribution in [2.75, 3.05) is 57.7 Å². The van der Waals surface area contributed by atoms with E-state index < -0.39 is 6.09 Å². The largest absolute Gasteiger partial charge is 0.508 e. The number of aromatic hydroxyl groups is 1. The van der Waals surface area contributed by atoms with E-state index in [9.17, 15) is 19.5 Å². The number of carbonyl (C=O) groups is 3. The number of rotatable bonds is 17. The van der Waals surface area contributed by atoms with Gasteiger partial charge in [-0.2, -0.15) is 0 Å². The fraction of sp³-hybridized carbons (Fsp3) is 0.475. The second kappa shape index (κ2) is 19.7. The Labute approximate surface area is 296 Å². The molecule has 0 aromatic heterocycles. The topological polar surface area (TPSA) is 114 Å². The van der Waals surface area contributed by atoms with E-state index in [1.807, 2.05) is 71.6 Å². The normalized spacial score (nSPS) is 15.4. The Bertz CT molecular complexity index is 1490. The van der Waals surface area contributed by atoms with Crippen molar-refractivity contribution in [3.63, 3.8) is 0 Å².